The molecule has 0 saturated carbocycles. The van der Waals surface area contributed by atoms with Gasteiger partial charge in [-0.1, -0.05) is 26.0 Å². The van der Waals surface area contributed by atoms with Gasteiger partial charge in [-0.3, -0.25) is 4.79 Å². The van der Waals surface area contributed by atoms with E-state index < -0.39 is 15.9 Å². The number of aromatic hydroxyl groups is 1. The Morgan fingerprint density at radius 3 is 2.33 bits per heavy atom. The SMILES string of the molecule is CCC(C)(CC(C)c1ccc(O)cc1)C(=O)OCCN(C)c1ccc([NH+]([O-])O)cc1[NH+]([O-])O. The maximum Gasteiger partial charge on any atom is 0.311 e. The Balaban J connectivity index is 2.00. The fraction of sp³-hybridized carbons (Fsp3) is 0.435. The molecular formula is C23H33N3O7. The van der Waals surface area contributed by atoms with E-state index >= 15 is 0 Å². The van der Waals surface area contributed by atoms with Crippen LogP contribution in [0.15, 0.2) is 42.5 Å². The van der Waals surface area contributed by atoms with Crippen LogP contribution in [0, 0.1) is 15.8 Å². The van der Waals surface area contributed by atoms with Gasteiger partial charge in [-0.05, 0) is 49.4 Å². The van der Waals surface area contributed by atoms with Gasteiger partial charge in [-0.15, -0.1) is 0 Å². The Labute approximate surface area is 193 Å². The highest BCUT2D eigenvalue weighted by atomic mass is 16.8. The van der Waals surface area contributed by atoms with Gasteiger partial charge in [0, 0.05) is 13.1 Å². The molecule has 0 aliphatic carbocycles. The molecule has 10 nitrogen and oxygen atoms in total. The monoisotopic (exact) mass is 463 g/mol. The molecule has 182 valence electrons. The summed E-state index contributed by atoms with van der Waals surface area (Å²) in [4.78, 5) is 14.5. The number of esters is 1. The number of hydrogen-bond acceptors (Lipinski definition) is 8. The minimum atomic E-state index is -1.24. The molecule has 4 atom stereocenters. The fourth-order valence-corrected chi connectivity index (χ4v) is 3.71. The zero-order valence-corrected chi connectivity index (χ0v) is 19.4. The van der Waals surface area contributed by atoms with Crippen LogP contribution < -0.4 is 15.4 Å². The lowest BCUT2D eigenvalue weighted by molar-refractivity contribution is -0.996. The zero-order chi connectivity index (χ0) is 24.8. The number of nitrogens with zero attached hydrogens (tertiary/aromatic N) is 1. The van der Waals surface area contributed by atoms with Crippen molar-refractivity contribution in [2.24, 2.45) is 5.41 Å². The van der Waals surface area contributed by atoms with E-state index in [1.54, 1.807) is 24.1 Å². The van der Waals surface area contributed by atoms with E-state index in [0.29, 0.717) is 18.5 Å². The molecule has 0 heterocycles. The van der Waals surface area contributed by atoms with Gasteiger partial charge in [0.2, 0.25) is 0 Å². The first kappa shape index (κ1) is 26.5. The van der Waals surface area contributed by atoms with Gasteiger partial charge < -0.3 is 25.2 Å². The molecule has 0 amide bonds. The van der Waals surface area contributed by atoms with Gasteiger partial charge in [-0.25, -0.2) is 10.4 Å². The van der Waals surface area contributed by atoms with Crippen LogP contribution in [0.2, 0.25) is 0 Å². The molecule has 2 aromatic carbocycles. The standard InChI is InChI=1S/C23H33N3O7/c1-5-23(3,15-16(2)17-6-9-19(27)10-7-17)22(28)33-13-12-24(4)20-11-8-18(25(29)30)14-21(20)26(31)32/h6-11,14,16,25-27,29,31H,5,12-13,15H2,1-4H3. The number of ether oxygens (including phenoxy) is 1. The van der Waals surface area contributed by atoms with E-state index in [2.05, 4.69) is 0 Å². The van der Waals surface area contributed by atoms with Crippen LogP contribution in [-0.4, -0.2) is 41.7 Å². The quantitative estimate of drug-likeness (QED) is 0.250. The first-order valence-electron chi connectivity index (χ1n) is 10.8. The van der Waals surface area contributed by atoms with Crippen LogP contribution in [0.5, 0.6) is 5.75 Å². The number of likely N-dealkylation sites (N-methyl/N-ethyl adjacent to an activating group) is 1. The Bertz CT molecular complexity index is 921. The number of phenolic OH excluding ortho intramolecular Hbond substituents is 1. The van der Waals surface area contributed by atoms with Crippen molar-refractivity contribution in [1.29, 1.82) is 0 Å². The number of rotatable bonds is 11. The van der Waals surface area contributed by atoms with Gasteiger partial charge in [0.25, 0.3) is 0 Å². The fourth-order valence-electron chi connectivity index (χ4n) is 3.71. The van der Waals surface area contributed by atoms with Gasteiger partial charge in [0.1, 0.15) is 18.0 Å². The van der Waals surface area contributed by atoms with Crippen molar-refractivity contribution in [1.82, 2.24) is 0 Å². The third-order valence-corrected chi connectivity index (χ3v) is 6.04. The van der Waals surface area contributed by atoms with Gasteiger partial charge in [-0.2, -0.15) is 10.5 Å². The number of nitrogens with one attached hydrogen (secondary N) is 2. The summed E-state index contributed by atoms with van der Waals surface area (Å²) >= 11 is 0. The van der Waals surface area contributed by atoms with E-state index in [0.717, 1.165) is 11.6 Å². The Morgan fingerprint density at radius 2 is 1.79 bits per heavy atom. The van der Waals surface area contributed by atoms with Crippen molar-refractivity contribution in [3.8, 4) is 5.75 Å². The third kappa shape index (κ3) is 6.87. The maximum atomic E-state index is 12.9. The lowest BCUT2D eigenvalue weighted by Crippen LogP contribution is -3.00. The molecule has 0 aliphatic rings. The van der Waals surface area contributed by atoms with E-state index in [4.69, 9.17) is 9.94 Å². The molecule has 0 aromatic heterocycles. The number of benzene rings is 2. The zero-order valence-electron chi connectivity index (χ0n) is 19.4. The Kier molecular flexibility index (Phi) is 9.17. The molecule has 0 aliphatic heterocycles. The molecular weight excluding hydrogens is 430 g/mol. The van der Waals surface area contributed by atoms with Crippen molar-refractivity contribution in [3.05, 3.63) is 58.4 Å². The van der Waals surface area contributed by atoms with Crippen LogP contribution in [0.25, 0.3) is 0 Å². The van der Waals surface area contributed by atoms with Gasteiger partial charge in [0.15, 0.2) is 11.4 Å². The number of carbonyl (C=O) groups is 1. The van der Waals surface area contributed by atoms with Crippen molar-refractivity contribution in [2.45, 2.75) is 39.5 Å². The summed E-state index contributed by atoms with van der Waals surface area (Å²) in [7, 11) is 1.65. The summed E-state index contributed by atoms with van der Waals surface area (Å²) in [5.41, 5.74) is 0.404. The molecule has 4 unspecified atom stereocenters. The molecule has 2 aromatic rings. The lowest BCUT2D eigenvalue weighted by atomic mass is 9.77. The van der Waals surface area contributed by atoms with Crippen LogP contribution in [0.1, 0.15) is 45.1 Å². The molecule has 0 fully saturated rings. The summed E-state index contributed by atoms with van der Waals surface area (Å²) in [5, 5.41) is 48.3. The second-order valence-electron chi connectivity index (χ2n) is 8.51. The second-order valence-corrected chi connectivity index (χ2v) is 8.51. The minimum absolute atomic E-state index is 0.0538. The number of anilines is 1. The minimum Gasteiger partial charge on any atom is -0.595 e. The van der Waals surface area contributed by atoms with Crippen molar-refractivity contribution < 1.29 is 35.5 Å². The van der Waals surface area contributed by atoms with Crippen molar-refractivity contribution in [2.75, 3.05) is 25.1 Å². The number of quaternary nitrogens is 2. The summed E-state index contributed by atoms with van der Waals surface area (Å²) in [6.07, 6.45) is 1.16. The smallest absolute Gasteiger partial charge is 0.311 e. The lowest BCUT2D eigenvalue weighted by Gasteiger charge is -2.30. The topological polar surface area (TPSA) is 145 Å². The van der Waals surface area contributed by atoms with E-state index in [1.165, 1.54) is 12.1 Å². The average Bonchev–Trinajstić information content (AvgIpc) is 2.78. The summed E-state index contributed by atoms with van der Waals surface area (Å²) in [6, 6.07) is 10.8. The molecule has 0 bridgehead atoms. The van der Waals surface area contributed by atoms with Gasteiger partial charge in [0.05, 0.1) is 18.0 Å². The van der Waals surface area contributed by atoms with Crippen LogP contribution >= 0.6 is 0 Å². The van der Waals surface area contributed by atoms with E-state index in [1.807, 2.05) is 32.9 Å². The predicted octanol–water partition coefficient (Wildman–Crippen LogP) is 1.79. The van der Waals surface area contributed by atoms with E-state index in [9.17, 15) is 25.5 Å². The highest BCUT2D eigenvalue weighted by Gasteiger charge is 2.35. The van der Waals surface area contributed by atoms with Crippen molar-refractivity contribution in [3.63, 3.8) is 0 Å². The number of hydrogen-bond donors (Lipinski definition) is 5. The van der Waals surface area contributed by atoms with Crippen LogP contribution in [0.3, 0.4) is 0 Å². The number of phenols is 1. The van der Waals surface area contributed by atoms with Crippen LogP contribution in [-0.2, 0) is 9.53 Å². The van der Waals surface area contributed by atoms with Gasteiger partial charge >= 0.3 is 5.97 Å². The molecule has 0 spiro atoms. The molecule has 0 radical (unpaired) electrons. The Hall–Kier alpha value is -2.73. The molecule has 33 heavy (non-hydrogen) atoms. The van der Waals surface area contributed by atoms with Crippen molar-refractivity contribution >= 4 is 23.0 Å². The number of carbonyl (C=O) groups excluding carboxylic acids is 1. The Morgan fingerprint density at radius 1 is 1.15 bits per heavy atom. The average molecular weight is 464 g/mol. The maximum absolute atomic E-state index is 12.9. The first-order valence-corrected chi connectivity index (χ1v) is 10.8. The normalized spacial score (nSPS) is 15.9. The van der Waals surface area contributed by atoms with Crippen LogP contribution in [0.4, 0.5) is 17.1 Å². The molecule has 10 heteroatoms. The predicted molar refractivity (Wildman–Crippen MR) is 122 cm³/mol. The van der Waals surface area contributed by atoms with E-state index in [-0.39, 0.29) is 42.2 Å². The summed E-state index contributed by atoms with van der Waals surface area (Å²) in [5.74, 6) is -0.0586. The molecule has 2 rings (SSSR count). The highest BCUT2D eigenvalue weighted by molar-refractivity contribution is 5.76. The molecule has 5 N–H and O–H groups in total. The molecule has 0 saturated heterocycles. The summed E-state index contributed by atoms with van der Waals surface area (Å²) < 4.78 is 5.55. The first-order chi connectivity index (χ1) is 15.5. The summed E-state index contributed by atoms with van der Waals surface area (Å²) in [6.45, 7) is 6.11. The second kappa shape index (κ2) is 11.4. The third-order valence-electron chi connectivity index (χ3n) is 6.04. The largest absolute Gasteiger partial charge is 0.595 e. The highest BCUT2D eigenvalue weighted by Crippen LogP contribution is 2.36.